The molecule has 8 nitrogen and oxygen atoms in total. The predicted octanol–water partition coefficient (Wildman–Crippen LogP) is 2.13. The lowest BCUT2D eigenvalue weighted by molar-refractivity contribution is -0.122. The second kappa shape index (κ2) is 7.66. The van der Waals surface area contributed by atoms with Crippen LogP contribution in [0.1, 0.15) is 26.2 Å². The van der Waals surface area contributed by atoms with Crippen LogP contribution in [0, 0.1) is 0 Å². The lowest BCUT2D eigenvalue weighted by Crippen LogP contribution is -2.46. The predicted molar refractivity (Wildman–Crippen MR) is 110 cm³/mol. The molecule has 2 aromatic carbocycles. The third-order valence-corrected chi connectivity index (χ3v) is 7.08. The Bertz CT molecular complexity index is 1100. The smallest absolute Gasteiger partial charge is 0.252 e. The molecule has 0 bridgehead atoms. The lowest BCUT2D eigenvalue weighted by Gasteiger charge is -2.26. The number of amides is 3. The summed E-state index contributed by atoms with van der Waals surface area (Å²) in [7, 11) is -3.92. The number of anilines is 2. The number of carbonyl (C=O) groups excluding carboxylic acids is 3. The molecule has 0 radical (unpaired) electrons. The Morgan fingerprint density at radius 1 is 1.03 bits per heavy atom. The highest BCUT2D eigenvalue weighted by Gasteiger charge is 2.51. The summed E-state index contributed by atoms with van der Waals surface area (Å²) in [6, 6.07) is 12.9. The van der Waals surface area contributed by atoms with Crippen molar-refractivity contribution in [3.8, 4) is 0 Å². The van der Waals surface area contributed by atoms with E-state index in [1.165, 1.54) is 23.4 Å². The topological polar surface area (TPSA) is 104 Å². The van der Waals surface area contributed by atoms with E-state index in [-0.39, 0.29) is 23.3 Å². The summed E-state index contributed by atoms with van der Waals surface area (Å²) in [4.78, 5) is 38.1. The van der Waals surface area contributed by atoms with Gasteiger partial charge in [-0.2, -0.15) is 4.31 Å². The zero-order chi connectivity index (χ0) is 21.5. The van der Waals surface area contributed by atoms with E-state index in [0.29, 0.717) is 24.2 Å². The molecule has 1 saturated carbocycles. The molecule has 9 heteroatoms. The quantitative estimate of drug-likeness (QED) is 0.712. The van der Waals surface area contributed by atoms with Crippen LogP contribution in [0.2, 0.25) is 0 Å². The van der Waals surface area contributed by atoms with Gasteiger partial charge in [0.2, 0.25) is 21.8 Å². The van der Waals surface area contributed by atoms with E-state index in [1.807, 2.05) is 0 Å². The number of rotatable bonds is 6. The van der Waals surface area contributed by atoms with Crippen molar-refractivity contribution >= 4 is 39.1 Å². The van der Waals surface area contributed by atoms with Gasteiger partial charge >= 0.3 is 0 Å². The highest BCUT2D eigenvalue weighted by atomic mass is 32.2. The number of nitrogens with zero attached hydrogens (tertiary/aromatic N) is 2. The van der Waals surface area contributed by atoms with Crippen molar-refractivity contribution in [3.63, 3.8) is 0 Å². The van der Waals surface area contributed by atoms with Gasteiger partial charge in [-0.25, -0.2) is 13.3 Å². The fourth-order valence-electron chi connectivity index (χ4n) is 3.64. The van der Waals surface area contributed by atoms with Crippen molar-refractivity contribution in [2.45, 2.75) is 43.2 Å². The van der Waals surface area contributed by atoms with Crippen molar-refractivity contribution < 1.29 is 22.8 Å². The van der Waals surface area contributed by atoms with Crippen LogP contribution in [0.4, 0.5) is 11.4 Å². The zero-order valence-corrected chi connectivity index (χ0v) is 17.1. The number of hydrogen-bond acceptors (Lipinski definition) is 5. The molecular weight excluding hydrogens is 406 g/mol. The van der Waals surface area contributed by atoms with Crippen molar-refractivity contribution in [2.75, 3.05) is 10.2 Å². The van der Waals surface area contributed by atoms with Crippen molar-refractivity contribution in [1.82, 2.24) is 4.31 Å². The van der Waals surface area contributed by atoms with Gasteiger partial charge in [-0.15, -0.1) is 0 Å². The van der Waals surface area contributed by atoms with Crippen LogP contribution in [0.25, 0.3) is 0 Å². The average Bonchev–Trinajstić information content (AvgIpc) is 3.49. The minimum atomic E-state index is -3.92. The van der Waals surface area contributed by atoms with Gasteiger partial charge in [0.1, 0.15) is 6.04 Å². The molecule has 0 spiro atoms. The number of hydrogen-bond donors (Lipinski definition) is 1. The zero-order valence-electron chi connectivity index (χ0n) is 16.3. The minimum Gasteiger partial charge on any atom is -0.326 e. The van der Waals surface area contributed by atoms with Gasteiger partial charge in [0.05, 0.1) is 17.0 Å². The Balaban J connectivity index is 1.63. The Kier molecular flexibility index (Phi) is 5.17. The largest absolute Gasteiger partial charge is 0.326 e. The van der Waals surface area contributed by atoms with E-state index in [0.717, 1.165) is 4.90 Å². The van der Waals surface area contributed by atoms with Crippen LogP contribution in [-0.2, 0) is 24.4 Å². The first-order chi connectivity index (χ1) is 14.3. The number of carbonyl (C=O) groups is 3. The molecule has 1 saturated heterocycles. The van der Waals surface area contributed by atoms with E-state index in [2.05, 4.69) is 5.32 Å². The number of nitrogens with one attached hydrogen (secondary N) is 1. The normalized spacial score (nSPS) is 19.4. The molecule has 2 aromatic rings. The fraction of sp³-hybridized carbons (Fsp3) is 0.286. The molecule has 0 aromatic heterocycles. The molecular formula is C21H21N3O5S. The van der Waals surface area contributed by atoms with Crippen molar-refractivity contribution in [2.24, 2.45) is 0 Å². The Morgan fingerprint density at radius 2 is 1.67 bits per heavy atom. The second-order valence-corrected chi connectivity index (χ2v) is 9.24. The summed E-state index contributed by atoms with van der Waals surface area (Å²) in [5.74, 6) is -1.24. The van der Waals surface area contributed by atoms with Crippen molar-refractivity contribution in [1.29, 1.82) is 0 Å². The monoisotopic (exact) mass is 427 g/mol. The molecule has 1 N–H and O–H groups in total. The van der Waals surface area contributed by atoms with E-state index < -0.39 is 27.9 Å². The summed E-state index contributed by atoms with van der Waals surface area (Å²) in [6.07, 6.45) is 1.12. The molecule has 1 unspecified atom stereocenters. The highest BCUT2D eigenvalue weighted by molar-refractivity contribution is 7.89. The van der Waals surface area contributed by atoms with Crippen LogP contribution in [0.15, 0.2) is 59.5 Å². The first-order valence-electron chi connectivity index (χ1n) is 9.62. The molecule has 2 aliphatic rings. The first kappa shape index (κ1) is 20.2. The van der Waals surface area contributed by atoms with Crippen LogP contribution >= 0.6 is 0 Å². The SMILES string of the molecule is CC(=O)Nc1ccc(N2C(=O)CC(N(C3CC3)S(=O)(=O)c3ccccc3)C2=O)cc1. The third-order valence-electron chi connectivity index (χ3n) is 5.10. The van der Waals surface area contributed by atoms with E-state index in [1.54, 1.807) is 42.5 Å². The second-order valence-electron chi connectivity index (χ2n) is 7.39. The lowest BCUT2D eigenvalue weighted by atomic mass is 10.2. The van der Waals surface area contributed by atoms with Gasteiger partial charge < -0.3 is 5.32 Å². The van der Waals surface area contributed by atoms with E-state index >= 15 is 0 Å². The highest BCUT2D eigenvalue weighted by Crippen LogP contribution is 2.38. The first-order valence-corrected chi connectivity index (χ1v) is 11.1. The summed E-state index contributed by atoms with van der Waals surface area (Å²) in [6.45, 7) is 1.38. The number of sulfonamides is 1. The molecule has 30 heavy (non-hydrogen) atoms. The van der Waals surface area contributed by atoms with Gasteiger partial charge in [0.25, 0.3) is 5.91 Å². The van der Waals surface area contributed by atoms with E-state index in [4.69, 9.17) is 0 Å². The summed E-state index contributed by atoms with van der Waals surface area (Å²) >= 11 is 0. The molecule has 1 aliphatic carbocycles. The van der Waals surface area contributed by atoms with E-state index in [9.17, 15) is 22.8 Å². The maximum Gasteiger partial charge on any atom is 0.252 e. The van der Waals surface area contributed by atoms with Gasteiger partial charge in [0.15, 0.2) is 0 Å². The Labute approximate surface area is 174 Å². The molecule has 1 aliphatic heterocycles. The summed E-state index contributed by atoms with van der Waals surface area (Å²) < 4.78 is 27.7. The molecule has 1 atom stereocenters. The molecule has 4 rings (SSSR count). The average molecular weight is 427 g/mol. The summed E-state index contributed by atoms with van der Waals surface area (Å²) in [5, 5.41) is 2.62. The van der Waals surface area contributed by atoms with Gasteiger partial charge in [-0.05, 0) is 49.2 Å². The molecule has 2 fully saturated rings. The number of benzene rings is 2. The fourth-order valence-corrected chi connectivity index (χ4v) is 5.49. The third kappa shape index (κ3) is 3.73. The number of imide groups is 1. The van der Waals surface area contributed by atoms with Gasteiger partial charge in [-0.3, -0.25) is 14.4 Å². The maximum absolute atomic E-state index is 13.2. The Morgan fingerprint density at radius 3 is 2.23 bits per heavy atom. The van der Waals surface area contributed by atoms with Crippen LogP contribution in [-0.4, -0.2) is 42.5 Å². The van der Waals surface area contributed by atoms with Crippen LogP contribution in [0.5, 0.6) is 0 Å². The van der Waals surface area contributed by atoms with Crippen LogP contribution in [0.3, 0.4) is 0 Å². The molecule has 156 valence electrons. The Hall–Kier alpha value is -3.04. The van der Waals surface area contributed by atoms with Gasteiger partial charge in [0, 0.05) is 18.7 Å². The molecule has 1 heterocycles. The molecule has 3 amide bonds. The van der Waals surface area contributed by atoms with Crippen molar-refractivity contribution in [3.05, 3.63) is 54.6 Å². The minimum absolute atomic E-state index is 0.107. The van der Waals surface area contributed by atoms with Gasteiger partial charge in [-0.1, -0.05) is 18.2 Å². The standard InChI is InChI=1S/C21H21N3O5S/c1-14(25)22-15-7-9-16(10-8-15)23-20(26)13-19(21(23)27)24(17-11-12-17)30(28,29)18-5-3-2-4-6-18/h2-10,17,19H,11-13H2,1H3,(H,22,25). The maximum atomic E-state index is 13.2. The summed E-state index contributed by atoms with van der Waals surface area (Å²) in [5.41, 5.74) is 0.877. The van der Waals surface area contributed by atoms with Crippen LogP contribution < -0.4 is 10.2 Å².